The zero-order valence-electron chi connectivity index (χ0n) is 37.1. The lowest BCUT2D eigenvalue weighted by molar-refractivity contribution is -0.144. The number of rotatable bonds is 16. The average molecular weight is 933 g/mol. The number of thiazole rings is 1. The highest BCUT2D eigenvalue weighted by Gasteiger charge is 2.44. The summed E-state index contributed by atoms with van der Waals surface area (Å²) >= 11 is 2.91. The van der Waals surface area contributed by atoms with Crippen LogP contribution in [0.3, 0.4) is 0 Å². The molecule has 0 aliphatic carbocycles. The fraction of sp³-hybridized carbons (Fsp3) is 0.306. The van der Waals surface area contributed by atoms with Crippen molar-refractivity contribution in [1.82, 2.24) is 25.9 Å². The molecule has 0 saturated carbocycles. The lowest BCUT2D eigenvalue weighted by Gasteiger charge is -2.35. The van der Waals surface area contributed by atoms with Gasteiger partial charge in [-0.15, -0.1) is 22.7 Å². The first-order chi connectivity index (χ1) is 31.5. The van der Waals surface area contributed by atoms with E-state index in [1.54, 1.807) is 77.5 Å². The molecular formula is C49H52N6O9S2. The third kappa shape index (κ3) is 11.4. The summed E-state index contributed by atoms with van der Waals surface area (Å²) in [6.45, 7) is 9.09. The summed E-state index contributed by atoms with van der Waals surface area (Å²) in [5, 5.41) is 41.0. The Kier molecular flexibility index (Phi) is 14.8. The summed E-state index contributed by atoms with van der Waals surface area (Å²) in [5.74, 6) is -1.10. The topological polar surface area (TPSA) is 212 Å². The van der Waals surface area contributed by atoms with Crippen molar-refractivity contribution in [3.63, 3.8) is 0 Å². The van der Waals surface area contributed by atoms with Crippen LogP contribution in [0.4, 0.5) is 0 Å². The van der Waals surface area contributed by atoms with Crippen molar-refractivity contribution in [2.45, 2.75) is 65.3 Å². The number of carbonyl (C=O) groups is 4. The Morgan fingerprint density at radius 1 is 0.909 bits per heavy atom. The summed E-state index contributed by atoms with van der Waals surface area (Å²) in [4.78, 5) is 61.6. The number of aromatic nitrogens is 1. The molecule has 0 unspecified atom stereocenters. The smallest absolute Gasteiger partial charge is 0.273 e. The summed E-state index contributed by atoms with van der Waals surface area (Å²) < 4.78 is 12.1. The fourth-order valence-electron chi connectivity index (χ4n) is 7.60. The molecule has 0 radical (unpaired) electrons. The van der Waals surface area contributed by atoms with Gasteiger partial charge in [0.05, 0.1) is 46.6 Å². The van der Waals surface area contributed by atoms with Crippen LogP contribution in [0.5, 0.6) is 17.2 Å². The number of phenolic OH excluding ortho intramolecular Hbond substituents is 2. The molecule has 1 aliphatic heterocycles. The standard InChI is InChI=1S/C49H52N6O9S2/c1-28(31-8-10-32(11-9-31)43-29(2)50-27-65-43)52-46(60)39-22-36(58)25-55(39)48(62)45(49(3,4)5)53-41(59)26-63-20-21-64-37-17-6-30(7-18-37)24-51-54-47(61)42-38-19-16-35(57)23-40(38)66-44(42)33-12-14-34(56)15-13-33/h6-19,23-24,27-28,36,39,45,56-58H,20-22,25-26H2,1-5H3,(H,52,60)(H,53,59)(H,54,61)/b51-24+/t28-,36+,39-,45+/m0/s1. The number of carbonyl (C=O) groups excluding carboxylic acids is 4. The number of aryl methyl sites for hydroxylation is 1. The second-order valence-electron chi connectivity index (χ2n) is 17.1. The number of phenols is 2. The van der Waals surface area contributed by atoms with Gasteiger partial charge in [0.2, 0.25) is 17.7 Å². The molecule has 4 aromatic carbocycles. The van der Waals surface area contributed by atoms with Gasteiger partial charge in [0, 0.05) is 27.9 Å². The molecule has 0 bridgehead atoms. The number of hydrazone groups is 1. The molecule has 1 aliphatic rings. The monoisotopic (exact) mass is 932 g/mol. The first kappa shape index (κ1) is 47.3. The number of nitrogens with zero attached hydrogens (tertiary/aromatic N) is 3. The SMILES string of the molecule is Cc1ncsc1-c1ccc([C@H](C)NC(=O)[C@@H]2C[C@@H](O)CN2C(=O)[C@@H](NC(=O)COCCOc2ccc(/C=N/NC(=O)c3c(-c4ccc(O)cc4)sc4cc(O)ccc34)cc2)C(C)(C)C)cc1. The van der Waals surface area contributed by atoms with E-state index >= 15 is 0 Å². The summed E-state index contributed by atoms with van der Waals surface area (Å²) in [6.07, 6.45) is 0.665. The average Bonchev–Trinajstić information content (AvgIpc) is 4.01. The van der Waals surface area contributed by atoms with Crippen LogP contribution >= 0.6 is 22.7 Å². The van der Waals surface area contributed by atoms with Crippen LogP contribution in [0.1, 0.15) is 67.3 Å². The molecule has 3 heterocycles. The second kappa shape index (κ2) is 20.7. The molecule has 7 rings (SSSR count). The second-order valence-corrected chi connectivity index (χ2v) is 19.0. The minimum Gasteiger partial charge on any atom is -0.508 e. The number of aromatic hydroxyl groups is 2. The normalized spacial score (nSPS) is 16.0. The van der Waals surface area contributed by atoms with Crippen LogP contribution in [0.15, 0.2) is 102 Å². The lowest BCUT2D eigenvalue weighted by Crippen LogP contribution is -2.58. The molecule has 15 nitrogen and oxygen atoms in total. The maximum absolute atomic E-state index is 14.1. The largest absolute Gasteiger partial charge is 0.508 e. The highest BCUT2D eigenvalue weighted by atomic mass is 32.1. The van der Waals surface area contributed by atoms with Crippen molar-refractivity contribution < 1.29 is 44.0 Å². The van der Waals surface area contributed by atoms with Gasteiger partial charge in [-0.1, -0.05) is 45.0 Å². The van der Waals surface area contributed by atoms with Gasteiger partial charge in [-0.05, 0) is 108 Å². The predicted octanol–water partition coefficient (Wildman–Crippen LogP) is 6.94. The highest BCUT2D eigenvalue weighted by molar-refractivity contribution is 7.22. The molecule has 4 amide bonds. The van der Waals surface area contributed by atoms with Gasteiger partial charge in [-0.3, -0.25) is 19.2 Å². The number of aliphatic hydroxyl groups is 1. The third-order valence-electron chi connectivity index (χ3n) is 11.1. The van der Waals surface area contributed by atoms with Crippen molar-refractivity contribution >= 4 is 62.6 Å². The number of ether oxygens (including phenoxy) is 2. The molecule has 17 heteroatoms. The van der Waals surface area contributed by atoms with Crippen molar-refractivity contribution in [3.8, 4) is 38.1 Å². The third-order valence-corrected chi connectivity index (χ3v) is 13.3. The number of likely N-dealkylation sites (tertiary alicyclic amines) is 1. The van der Waals surface area contributed by atoms with E-state index in [0.717, 1.165) is 32.0 Å². The summed E-state index contributed by atoms with van der Waals surface area (Å²) in [7, 11) is 0. The van der Waals surface area contributed by atoms with Crippen molar-refractivity contribution in [2.24, 2.45) is 10.5 Å². The molecule has 6 aromatic rings. The first-order valence-electron chi connectivity index (χ1n) is 21.3. The van der Waals surface area contributed by atoms with Gasteiger partial charge < -0.3 is 40.3 Å². The molecule has 2 aromatic heterocycles. The molecule has 4 atom stereocenters. The molecule has 66 heavy (non-hydrogen) atoms. The molecule has 1 fully saturated rings. The van der Waals surface area contributed by atoms with Crippen LogP contribution < -0.4 is 20.8 Å². The van der Waals surface area contributed by atoms with Gasteiger partial charge in [-0.25, -0.2) is 10.4 Å². The van der Waals surface area contributed by atoms with Gasteiger partial charge in [-0.2, -0.15) is 5.10 Å². The van der Waals surface area contributed by atoms with E-state index in [4.69, 9.17) is 9.47 Å². The first-order valence-corrected chi connectivity index (χ1v) is 23.0. The zero-order chi connectivity index (χ0) is 47.1. The van der Waals surface area contributed by atoms with Crippen LogP contribution in [0.2, 0.25) is 0 Å². The van der Waals surface area contributed by atoms with E-state index < -0.39 is 47.2 Å². The van der Waals surface area contributed by atoms with E-state index in [1.165, 1.54) is 28.5 Å². The number of fused-ring (bicyclic) bond motifs is 1. The Balaban J connectivity index is 0.865. The lowest BCUT2D eigenvalue weighted by atomic mass is 9.85. The maximum Gasteiger partial charge on any atom is 0.273 e. The van der Waals surface area contributed by atoms with E-state index in [1.807, 2.05) is 58.9 Å². The molecule has 0 spiro atoms. The Morgan fingerprint density at radius 3 is 2.27 bits per heavy atom. The molecule has 6 N–H and O–H groups in total. The number of amides is 4. The van der Waals surface area contributed by atoms with Crippen molar-refractivity contribution in [3.05, 3.63) is 119 Å². The number of hydrogen-bond acceptors (Lipinski definition) is 13. The van der Waals surface area contributed by atoms with Crippen LogP contribution in [0.25, 0.3) is 31.0 Å². The quantitative estimate of drug-likeness (QED) is 0.0334. The minimum absolute atomic E-state index is 0.0425. The van der Waals surface area contributed by atoms with Crippen molar-refractivity contribution in [2.75, 3.05) is 26.4 Å². The highest BCUT2D eigenvalue weighted by Crippen LogP contribution is 2.40. The van der Waals surface area contributed by atoms with Crippen LogP contribution in [0, 0.1) is 12.3 Å². The van der Waals surface area contributed by atoms with Crippen molar-refractivity contribution in [1.29, 1.82) is 0 Å². The molecule has 344 valence electrons. The Bertz CT molecular complexity index is 2710. The number of hydrogen-bond donors (Lipinski definition) is 6. The van der Waals surface area contributed by atoms with E-state index in [0.29, 0.717) is 27.1 Å². The predicted molar refractivity (Wildman–Crippen MR) is 255 cm³/mol. The van der Waals surface area contributed by atoms with Gasteiger partial charge in [0.1, 0.15) is 42.5 Å². The fourth-order valence-corrected chi connectivity index (χ4v) is 9.65. The minimum atomic E-state index is -1.00. The van der Waals surface area contributed by atoms with Crippen LogP contribution in [-0.2, 0) is 19.1 Å². The molecular weight excluding hydrogens is 881 g/mol. The van der Waals surface area contributed by atoms with E-state index in [9.17, 15) is 34.5 Å². The Labute approximate surface area is 390 Å². The Hall–Kier alpha value is -6.66. The number of aliphatic hydroxyl groups excluding tert-OH is 1. The number of nitrogens with one attached hydrogen (secondary N) is 3. The zero-order valence-corrected chi connectivity index (χ0v) is 38.7. The van der Waals surface area contributed by atoms with Gasteiger partial charge >= 0.3 is 0 Å². The van der Waals surface area contributed by atoms with Gasteiger partial charge in [0.25, 0.3) is 5.91 Å². The van der Waals surface area contributed by atoms with E-state index in [2.05, 4.69) is 26.1 Å². The summed E-state index contributed by atoms with van der Waals surface area (Å²) in [6, 6.07) is 23.9. The van der Waals surface area contributed by atoms with E-state index in [-0.39, 0.29) is 50.3 Å². The number of β-amino-alcohol motifs (C(OH)–C–C–N with tert-alkyl or cyclic N) is 1. The maximum atomic E-state index is 14.1. The van der Waals surface area contributed by atoms with Gasteiger partial charge in [0.15, 0.2) is 0 Å². The number of thiophene rings is 1. The molecule has 1 saturated heterocycles. The number of benzene rings is 4. The summed E-state index contributed by atoms with van der Waals surface area (Å²) in [5.41, 5.74) is 8.36. The van der Waals surface area contributed by atoms with Crippen LogP contribution in [-0.4, -0.2) is 99.6 Å². The Morgan fingerprint density at radius 2 is 1.59 bits per heavy atom.